The fourth-order valence-corrected chi connectivity index (χ4v) is 2.55. The fraction of sp³-hybridized carbons (Fsp3) is 0.174. The second-order valence-corrected chi connectivity index (χ2v) is 6.86. The predicted molar refractivity (Wildman–Crippen MR) is 116 cm³/mol. The molecule has 0 saturated carbocycles. The lowest BCUT2D eigenvalue weighted by Gasteiger charge is -2.12. The van der Waals surface area contributed by atoms with Gasteiger partial charge in [0.1, 0.15) is 18.2 Å². The molecule has 3 N–H and O–H groups in total. The van der Waals surface area contributed by atoms with Crippen molar-refractivity contribution in [3.8, 4) is 5.75 Å². The number of benzene rings is 2. The van der Waals surface area contributed by atoms with Gasteiger partial charge in [-0.05, 0) is 49.7 Å². The van der Waals surface area contributed by atoms with Crippen molar-refractivity contribution in [2.45, 2.75) is 26.6 Å². The molecule has 3 rings (SSSR count). The van der Waals surface area contributed by atoms with E-state index in [0.29, 0.717) is 29.2 Å². The molecule has 2 aromatic carbocycles. The van der Waals surface area contributed by atoms with Gasteiger partial charge in [0.25, 0.3) is 5.91 Å². The molecule has 1 unspecified atom stereocenters. The van der Waals surface area contributed by atoms with Crippen LogP contribution >= 0.6 is 0 Å². The number of hydrogen-bond donors (Lipinski definition) is 2. The molecule has 160 valence electrons. The summed E-state index contributed by atoms with van der Waals surface area (Å²) in [6.07, 6.45) is 2.49. The summed E-state index contributed by atoms with van der Waals surface area (Å²) < 4.78 is 19.4. The van der Waals surface area contributed by atoms with Gasteiger partial charge < -0.3 is 20.6 Å². The Balaban J connectivity index is 1.57. The van der Waals surface area contributed by atoms with Gasteiger partial charge in [-0.15, -0.1) is 0 Å². The van der Waals surface area contributed by atoms with E-state index in [1.165, 1.54) is 13.0 Å². The Labute approximate surface area is 179 Å². The van der Waals surface area contributed by atoms with Gasteiger partial charge in [0, 0.05) is 29.2 Å². The van der Waals surface area contributed by atoms with Gasteiger partial charge in [0.05, 0.1) is 0 Å². The van der Waals surface area contributed by atoms with Gasteiger partial charge in [-0.3, -0.25) is 9.78 Å². The lowest BCUT2D eigenvalue weighted by molar-refractivity contribution is -0.126. The highest BCUT2D eigenvalue weighted by atomic mass is 19.1. The lowest BCUT2D eigenvalue weighted by atomic mass is 10.2. The minimum atomic E-state index is -0.937. The Bertz CT molecular complexity index is 1070. The Kier molecular flexibility index (Phi) is 7.16. The summed E-state index contributed by atoms with van der Waals surface area (Å²) in [5.41, 5.74) is 8.33. The zero-order chi connectivity index (χ0) is 22.2. The van der Waals surface area contributed by atoms with Gasteiger partial charge in [0.15, 0.2) is 5.84 Å². The number of carbonyl (C=O) groups is 1. The number of amidine groups is 1. The first kappa shape index (κ1) is 21.8. The molecule has 0 radical (unpaired) electrons. The fourth-order valence-electron chi connectivity index (χ4n) is 2.55. The number of hydrogen-bond acceptors (Lipinski definition) is 5. The quantitative estimate of drug-likeness (QED) is 0.327. The van der Waals surface area contributed by atoms with E-state index in [4.69, 9.17) is 15.3 Å². The number of anilines is 1. The molecule has 3 aromatic rings. The molecule has 0 saturated heterocycles. The summed E-state index contributed by atoms with van der Waals surface area (Å²) in [5, 5.41) is 6.42. The Morgan fingerprint density at radius 2 is 2.06 bits per heavy atom. The van der Waals surface area contributed by atoms with Crippen molar-refractivity contribution in [1.29, 1.82) is 0 Å². The number of ether oxygens (including phenoxy) is 1. The van der Waals surface area contributed by atoms with Crippen LogP contribution in [0.5, 0.6) is 5.75 Å². The van der Waals surface area contributed by atoms with Crippen molar-refractivity contribution in [2.75, 3.05) is 5.32 Å². The average Bonchev–Trinajstić information content (AvgIpc) is 2.79. The molecule has 0 aliphatic carbocycles. The van der Waals surface area contributed by atoms with Crippen LogP contribution in [-0.4, -0.2) is 22.8 Å². The highest BCUT2D eigenvalue weighted by Gasteiger charge is 2.15. The second-order valence-electron chi connectivity index (χ2n) is 6.86. The molecule has 8 heteroatoms. The smallest absolute Gasteiger partial charge is 0.267 e. The van der Waals surface area contributed by atoms with Crippen molar-refractivity contribution in [1.82, 2.24) is 4.98 Å². The van der Waals surface area contributed by atoms with Gasteiger partial charge in [-0.2, -0.15) is 0 Å². The monoisotopic (exact) mass is 422 g/mol. The van der Waals surface area contributed by atoms with Gasteiger partial charge in [0.2, 0.25) is 6.10 Å². The number of rotatable bonds is 8. The minimum Gasteiger partial charge on any atom is -0.489 e. The molecule has 0 bridgehead atoms. The van der Waals surface area contributed by atoms with Crippen LogP contribution in [0.3, 0.4) is 0 Å². The van der Waals surface area contributed by atoms with Crippen molar-refractivity contribution in [3.05, 3.63) is 89.5 Å². The van der Waals surface area contributed by atoms with Crippen LogP contribution in [-0.2, 0) is 16.2 Å². The number of oxime groups is 1. The van der Waals surface area contributed by atoms with Gasteiger partial charge in [-0.1, -0.05) is 29.4 Å². The normalized spacial score (nSPS) is 12.2. The van der Waals surface area contributed by atoms with E-state index in [1.54, 1.807) is 55.7 Å². The minimum absolute atomic E-state index is 0.0906. The molecular weight excluding hydrogens is 399 g/mol. The zero-order valence-corrected chi connectivity index (χ0v) is 17.2. The van der Waals surface area contributed by atoms with E-state index in [9.17, 15) is 9.18 Å². The first-order valence-electron chi connectivity index (χ1n) is 9.61. The van der Waals surface area contributed by atoms with Crippen LogP contribution in [0.1, 0.15) is 23.6 Å². The van der Waals surface area contributed by atoms with Crippen LogP contribution < -0.4 is 15.8 Å². The number of nitrogens with one attached hydrogen (secondary N) is 1. The summed E-state index contributed by atoms with van der Waals surface area (Å²) in [4.78, 5) is 21.5. The molecule has 0 spiro atoms. The number of pyridine rings is 1. The van der Waals surface area contributed by atoms with Gasteiger partial charge in [-0.25, -0.2) is 4.39 Å². The number of aryl methyl sites for hydroxylation is 1. The summed E-state index contributed by atoms with van der Waals surface area (Å²) in [6.45, 7) is 3.52. The van der Waals surface area contributed by atoms with Crippen molar-refractivity contribution < 1.29 is 18.8 Å². The SMILES string of the molecule is Cc1ccc(NC(=O)C(C)O/N=C(/N)c2cccc(OCc3cccnc3)c2)cc1F. The number of carbonyl (C=O) groups excluding carboxylic acids is 1. The molecular formula is C23H23FN4O3. The molecule has 1 heterocycles. The van der Waals surface area contributed by atoms with Crippen LogP contribution in [0.4, 0.5) is 10.1 Å². The number of aromatic nitrogens is 1. The van der Waals surface area contributed by atoms with Crippen molar-refractivity contribution >= 4 is 17.4 Å². The third kappa shape index (κ3) is 6.27. The summed E-state index contributed by atoms with van der Waals surface area (Å²) in [6, 6.07) is 15.2. The number of nitrogens with zero attached hydrogens (tertiary/aromatic N) is 2. The molecule has 1 amide bonds. The Morgan fingerprint density at radius 3 is 2.81 bits per heavy atom. The molecule has 0 aliphatic rings. The van der Waals surface area contributed by atoms with Crippen molar-refractivity contribution in [2.24, 2.45) is 10.9 Å². The van der Waals surface area contributed by atoms with E-state index in [0.717, 1.165) is 5.56 Å². The molecule has 0 fully saturated rings. The second kappa shape index (κ2) is 10.2. The molecule has 31 heavy (non-hydrogen) atoms. The maximum atomic E-state index is 13.6. The van der Waals surface area contributed by atoms with E-state index >= 15 is 0 Å². The highest BCUT2D eigenvalue weighted by Crippen LogP contribution is 2.16. The molecule has 0 aliphatic heterocycles. The lowest BCUT2D eigenvalue weighted by Crippen LogP contribution is -2.27. The highest BCUT2D eigenvalue weighted by molar-refractivity contribution is 5.97. The Morgan fingerprint density at radius 1 is 1.23 bits per heavy atom. The zero-order valence-electron chi connectivity index (χ0n) is 17.2. The van der Waals surface area contributed by atoms with Crippen LogP contribution in [0.15, 0.2) is 72.1 Å². The van der Waals surface area contributed by atoms with Crippen molar-refractivity contribution in [3.63, 3.8) is 0 Å². The third-order valence-corrected chi connectivity index (χ3v) is 4.38. The van der Waals surface area contributed by atoms with Crippen LogP contribution in [0.2, 0.25) is 0 Å². The molecule has 1 aromatic heterocycles. The third-order valence-electron chi connectivity index (χ3n) is 4.38. The summed E-state index contributed by atoms with van der Waals surface area (Å²) in [7, 11) is 0. The number of amides is 1. The average molecular weight is 422 g/mol. The number of halogens is 1. The maximum absolute atomic E-state index is 13.6. The van der Waals surface area contributed by atoms with E-state index in [-0.39, 0.29) is 5.84 Å². The topological polar surface area (TPSA) is 98.8 Å². The Hall–Kier alpha value is -3.94. The van der Waals surface area contributed by atoms with E-state index < -0.39 is 17.8 Å². The van der Waals surface area contributed by atoms with E-state index in [2.05, 4.69) is 15.5 Å². The van der Waals surface area contributed by atoms with Crippen LogP contribution in [0.25, 0.3) is 0 Å². The molecule has 1 atom stereocenters. The summed E-state index contributed by atoms with van der Waals surface area (Å²) >= 11 is 0. The first-order chi connectivity index (χ1) is 14.9. The largest absolute Gasteiger partial charge is 0.489 e. The first-order valence-corrected chi connectivity index (χ1v) is 9.61. The van der Waals surface area contributed by atoms with Crippen LogP contribution in [0, 0.1) is 12.7 Å². The molecule has 7 nitrogen and oxygen atoms in total. The maximum Gasteiger partial charge on any atom is 0.267 e. The van der Waals surface area contributed by atoms with Gasteiger partial charge >= 0.3 is 0 Å². The summed E-state index contributed by atoms with van der Waals surface area (Å²) in [5.74, 6) is -0.188. The predicted octanol–water partition coefficient (Wildman–Crippen LogP) is 3.77. The number of nitrogens with two attached hydrogens (primary N) is 1. The standard InChI is InChI=1S/C23H23FN4O3/c1-15-8-9-19(12-21(15)24)27-23(29)16(2)31-28-22(25)18-6-3-7-20(11-18)30-14-17-5-4-10-26-13-17/h3-13,16H,14H2,1-2H3,(H2,25,28)(H,27,29). The van der Waals surface area contributed by atoms with E-state index in [1.807, 2.05) is 12.1 Å².